The maximum atomic E-state index is 12.2. The van der Waals surface area contributed by atoms with E-state index in [1.165, 1.54) is 17.3 Å². The van der Waals surface area contributed by atoms with E-state index in [-0.39, 0.29) is 63.7 Å². The largest absolute Gasteiger partial charge is 0.508 e. The second kappa shape index (κ2) is 62.6. The number of nitrogens with two attached hydrogens (primary N) is 6. The number of carbonyl (C=O) groups is 5. The molecule has 0 bridgehead atoms. The van der Waals surface area contributed by atoms with Gasteiger partial charge in [0.1, 0.15) is 35.5 Å². The van der Waals surface area contributed by atoms with Crippen molar-refractivity contribution in [2.24, 2.45) is 34.4 Å². The number of nitrogens with one attached hydrogen (secondary N) is 8. The molecule has 2 amide bonds. The Kier molecular flexibility index (Phi) is 53.4. The van der Waals surface area contributed by atoms with Crippen LogP contribution in [0.2, 0.25) is 5.28 Å². The molecule has 678 valence electrons. The van der Waals surface area contributed by atoms with E-state index in [0.29, 0.717) is 127 Å². The molecule has 0 aliphatic rings. The van der Waals surface area contributed by atoms with Gasteiger partial charge < -0.3 is 97.2 Å². The van der Waals surface area contributed by atoms with Crippen molar-refractivity contribution in [3.8, 4) is 11.5 Å². The quantitative estimate of drug-likeness (QED) is 0.0160. The molecule has 4 heterocycles. The molecule has 8 rings (SSSR count). The first-order valence-electron chi connectivity index (χ1n) is 40.5. The third-order valence-corrected chi connectivity index (χ3v) is 23.6. The summed E-state index contributed by atoms with van der Waals surface area (Å²) in [5, 5.41) is 70.9. The SMILES string of the molecule is C=CS(=O)(=O)CCSCCc1ccncc1.NCCCC[C@H](N)C(=O)NCCCC[C@H](NCS(=O)(=O)CSCc1ccncc1)C(=O)O.NCCCC[C@H](N)C(=O)NCCCC[C@H](Nc1nc(NCCc2ccc(O)cc2)nc(Nc2ccccc2)n1)C(=O)O.NCCCC[C@H](N)C(=O)O.Oc1ccc(CCNc2nc(Cl)nc(Nc3ccccc3)n2)cc1. The van der Waals surface area contributed by atoms with Gasteiger partial charge in [0.15, 0.2) is 19.7 Å². The first kappa shape index (κ1) is 106. The maximum absolute atomic E-state index is 12.2. The van der Waals surface area contributed by atoms with Crippen LogP contribution in [0.15, 0.2) is 170 Å². The van der Waals surface area contributed by atoms with Gasteiger partial charge in [0.2, 0.25) is 46.8 Å². The fourth-order valence-electron chi connectivity index (χ4n) is 10.7. The summed E-state index contributed by atoms with van der Waals surface area (Å²) < 4.78 is 46.6. The average Bonchev–Trinajstić information content (AvgIpc) is 0.760. The van der Waals surface area contributed by atoms with Crippen molar-refractivity contribution >= 4 is 126 Å². The van der Waals surface area contributed by atoms with Gasteiger partial charge in [-0.3, -0.25) is 34.5 Å². The number of rotatable bonds is 55. The van der Waals surface area contributed by atoms with Crippen molar-refractivity contribution in [3.63, 3.8) is 0 Å². The number of phenolic OH excluding ortho intramolecular Hbond substituents is 2. The van der Waals surface area contributed by atoms with Gasteiger partial charge in [0.25, 0.3) is 0 Å². The number of thioether (sulfide) groups is 2. The number of hydrogen-bond donors (Lipinski definition) is 19. The number of hydrogen-bond acceptors (Lipinski definition) is 33. The number of nitrogens with zero attached hydrogens (tertiary/aromatic N) is 8. The summed E-state index contributed by atoms with van der Waals surface area (Å²) in [4.78, 5) is 91.1. The number of amides is 2. The minimum Gasteiger partial charge on any atom is -0.508 e. The number of carbonyl (C=O) groups excluding carboxylic acids is 2. The van der Waals surface area contributed by atoms with Gasteiger partial charge in [-0.2, -0.15) is 41.7 Å². The van der Waals surface area contributed by atoms with E-state index in [4.69, 9.17) is 51.1 Å². The Morgan fingerprint density at radius 1 is 0.452 bits per heavy atom. The Morgan fingerprint density at radius 3 is 1.32 bits per heavy atom. The maximum Gasteiger partial charge on any atom is 0.326 e. The lowest BCUT2D eigenvalue weighted by Gasteiger charge is -2.16. The van der Waals surface area contributed by atoms with E-state index in [1.807, 2.05) is 109 Å². The van der Waals surface area contributed by atoms with Crippen molar-refractivity contribution in [2.75, 3.05) is 101 Å². The van der Waals surface area contributed by atoms with Crippen molar-refractivity contribution in [3.05, 3.63) is 198 Å². The zero-order valence-electron chi connectivity index (χ0n) is 69.6. The van der Waals surface area contributed by atoms with E-state index in [2.05, 4.69) is 89.0 Å². The molecule has 4 aromatic heterocycles. The first-order valence-corrected chi connectivity index (χ1v) is 46.8. The number of para-hydroxylation sites is 2. The summed E-state index contributed by atoms with van der Waals surface area (Å²) in [7, 11) is -6.48. The van der Waals surface area contributed by atoms with Crippen LogP contribution in [-0.2, 0) is 68.7 Å². The summed E-state index contributed by atoms with van der Waals surface area (Å²) in [5.41, 5.74) is 39.0. The van der Waals surface area contributed by atoms with Crippen LogP contribution in [-0.4, -0.2) is 216 Å². The minimum absolute atomic E-state index is 0.105. The molecule has 8 aromatic rings. The van der Waals surface area contributed by atoms with Crippen LogP contribution in [0, 0.1) is 0 Å². The molecule has 0 saturated heterocycles. The molecule has 4 aromatic carbocycles. The number of benzene rings is 4. The Labute approximate surface area is 739 Å². The Bertz CT molecular complexity index is 4570. The van der Waals surface area contributed by atoms with Gasteiger partial charge >= 0.3 is 17.9 Å². The molecule has 0 fully saturated rings. The van der Waals surface area contributed by atoms with Crippen molar-refractivity contribution < 1.29 is 66.3 Å². The summed E-state index contributed by atoms with van der Waals surface area (Å²) in [6.45, 7) is 6.95. The van der Waals surface area contributed by atoms with E-state index in [0.717, 1.165) is 90.6 Å². The molecular weight excluding hydrogens is 1690 g/mol. The molecule has 0 spiro atoms. The molecule has 0 aliphatic carbocycles. The Hall–Kier alpha value is -10.5. The van der Waals surface area contributed by atoms with Gasteiger partial charge in [0.05, 0.1) is 22.9 Å². The second-order valence-electron chi connectivity index (χ2n) is 27.9. The highest BCUT2D eigenvalue weighted by atomic mass is 35.5. The number of aliphatic carboxylic acids is 3. The number of phenols is 2. The number of halogens is 1. The van der Waals surface area contributed by atoms with Crippen molar-refractivity contribution in [2.45, 2.75) is 152 Å². The molecule has 0 saturated carbocycles. The van der Waals surface area contributed by atoms with Gasteiger partial charge in [0, 0.05) is 79.3 Å². The monoisotopic (exact) mass is 1810 g/mol. The van der Waals surface area contributed by atoms with Crippen LogP contribution in [0.5, 0.6) is 11.5 Å². The molecular formula is C83H121ClN22O14S4. The van der Waals surface area contributed by atoms with E-state index in [9.17, 15) is 61.2 Å². The molecule has 41 heteroatoms. The highest BCUT2D eigenvalue weighted by Gasteiger charge is 2.23. The third-order valence-electron chi connectivity index (χ3n) is 17.7. The van der Waals surface area contributed by atoms with Crippen LogP contribution >= 0.6 is 35.1 Å². The average molecular weight is 1810 g/mol. The standard InChI is InChI=1S/C29H41N9O4.C20H35N5O5S2.C17H16ClN5O.C11H15NO2S2.C6H14N2O2/c30-17-6-4-10-23(31)25(40)32-18-7-5-11-24(26(41)42)35-29-37-27(33-19-16-20-12-14-22(39)15-13-20)36-28(38-29)34-21-8-2-1-3-9-21;21-9-3-1-5-17(22)19(26)24-10-4-2-6-18(20(27)28)25-14-32(29,30)15-31-13-16-7-11-23-12-8-16;18-15-21-16(19-11-10-12-6-8-14(24)9-7-12)23-17(22-15)20-13-4-2-1-3-5-13;1-2-16(13,14)10-9-15-8-5-11-3-6-12-7-4-11;7-4-2-1-3-5(8)6(9)10/h1-3,8-9,12-15,23-24,39H,4-7,10-11,16-19,30-31H2,(H,32,40)(H,41,42)(H3,33,34,35,36,37,38);7-8,11-12,17-18,25H,1-6,9-10,13-15,21-22H2,(H,24,26)(H,27,28);1-9,24H,10-11H2,(H2,19,20,21,22,23);2-4,6-7H,1,5,8-10H2;5H,1-4,7-8H2,(H,9,10)/t23-,24-;17-,18-;;;5-/m00..0/s1. The summed E-state index contributed by atoms with van der Waals surface area (Å²) in [5.74, 6) is 0.231. The lowest BCUT2D eigenvalue weighted by atomic mass is 10.1. The predicted octanol–water partition coefficient (Wildman–Crippen LogP) is 8.09. The molecule has 0 unspecified atom stereocenters. The third kappa shape index (κ3) is 49.7. The topological polar surface area (TPSA) is 610 Å². The highest BCUT2D eigenvalue weighted by Crippen LogP contribution is 2.21. The van der Waals surface area contributed by atoms with Gasteiger partial charge in [-0.25, -0.2) is 21.6 Å². The summed E-state index contributed by atoms with van der Waals surface area (Å²) in [6, 6.07) is 36.8. The van der Waals surface area contributed by atoms with E-state index in [1.54, 1.807) is 60.8 Å². The van der Waals surface area contributed by atoms with Gasteiger partial charge in [-0.05, 0) is 228 Å². The Morgan fingerprint density at radius 2 is 0.863 bits per heavy atom. The molecule has 5 atom stereocenters. The highest BCUT2D eigenvalue weighted by molar-refractivity contribution is 8.12. The summed E-state index contributed by atoms with van der Waals surface area (Å²) in [6.07, 6.45) is 18.5. The zero-order valence-corrected chi connectivity index (χ0v) is 73.6. The van der Waals surface area contributed by atoms with Gasteiger partial charge in [-0.1, -0.05) is 86.5 Å². The molecule has 124 heavy (non-hydrogen) atoms. The van der Waals surface area contributed by atoms with Crippen molar-refractivity contribution in [1.29, 1.82) is 0 Å². The number of carboxylic acid groups (broad SMARTS) is 3. The minimum atomic E-state index is -3.45. The number of aromatic hydroxyl groups is 2. The van der Waals surface area contributed by atoms with Crippen LogP contribution in [0.4, 0.5) is 41.1 Å². The number of carboxylic acids is 3. The number of aromatic nitrogens is 8. The van der Waals surface area contributed by atoms with Crippen molar-refractivity contribution in [1.82, 2.24) is 55.8 Å². The van der Waals surface area contributed by atoms with Crippen LogP contribution in [0.3, 0.4) is 0 Å². The van der Waals surface area contributed by atoms with Crippen LogP contribution < -0.4 is 76.9 Å². The summed E-state index contributed by atoms with van der Waals surface area (Å²) >= 11 is 8.85. The van der Waals surface area contributed by atoms with E-state index >= 15 is 0 Å². The molecule has 25 N–H and O–H groups in total. The predicted molar refractivity (Wildman–Crippen MR) is 492 cm³/mol. The first-order chi connectivity index (χ1) is 59.6. The Balaban J connectivity index is 0.000000348. The number of anilines is 7. The fourth-order valence-corrected chi connectivity index (χ4v) is 15.6. The van der Waals surface area contributed by atoms with Gasteiger partial charge in [-0.15, -0.1) is 11.8 Å². The zero-order chi connectivity index (χ0) is 90.6. The molecule has 0 radical (unpaired) electrons. The number of aryl methyl sites for hydroxylation is 1. The smallest absolute Gasteiger partial charge is 0.326 e. The van der Waals surface area contributed by atoms with E-state index < -0.39 is 73.7 Å². The van der Waals surface area contributed by atoms with Crippen LogP contribution in [0.1, 0.15) is 119 Å². The van der Waals surface area contributed by atoms with Crippen LogP contribution in [0.25, 0.3) is 0 Å². The number of unbranched alkanes of at least 4 members (excludes halogenated alkanes) is 5. The second-order valence-corrected chi connectivity index (χ2v) is 34.9. The normalized spacial score (nSPS) is 12.1. The number of sulfone groups is 2. The lowest BCUT2D eigenvalue weighted by Crippen LogP contribution is -2.41. The molecule has 36 nitrogen and oxygen atoms in total. The lowest BCUT2D eigenvalue weighted by molar-refractivity contribution is -0.140. The number of pyridine rings is 2. The fraction of sp³-hybridized carbons (Fsp3) is 0.434. The molecule has 0 aliphatic heterocycles.